The Morgan fingerprint density at radius 1 is 1.00 bits per heavy atom. The van der Waals surface area contributed by atoms with Crippen molar-refractivity contribution in [2.45, 2.75) is 18.8 Å². The van der Waals surface area contributed by atoms with Gasteiger partial charge in [0.05, 0.1) is 12.0 Å². The molecular weight excluding hydrogens is 236 g/mol. The zero-order chi connectivity index (χ0) is 12.6. The lowest BCUT2D eigenvalue weighted by molar-refractivity contribution is -0.136. The topological polar surface area (TPSA) is 26.0 Å². The summed E-state index contributed by atoms with van der Waals surface area (Å²) in [5.74, 6) is 0. The highest BCUT2D eigenvalue weighted by Gasteiger charge is 2.34. The number of rotatable bonds is 1. The van der Waals surface area contributed by atoms with E-state index in [0.717, 1.165) is 6.07 Å². The van der Waals surface area contributed by atoms with E-state index in [4.69, 9.17) is 5.73 Å². The van der Waals surface area contributed by atoms with Gasteiger partial charge in [0.15, 0.2) is 0 Å². The molecule has 0 aliphatic rings. The minimum absolute atomic E-state index is 0.294. The largest absolute Gasteiger partial charge is 0.418 e. The van der Waals surface area contributed by atoms with Crippen molar-refractivity contribution >= 4 is 5.69 Å². The van der Waals surface area contributed by atoms with Crippen molar-refractivity contribution in [2.75, 3.05) is 5.73 Å². The van der Waals surface area contributed by atoms with E-state index in [0.29, 0.717) is 12.1 Å². The van der Waals surface area contributed by atoms with E-state index >= 15 is 0 Å². The number of alkyl halides is 6. The second-order valence-electron chi connectivity index (χ2n) is 3.21. The lowest BCUT2D eigenvalue weighted by atomic mass is 10.1. The van der Waals surface area contributed by atoms with Gasteiger partial charge in [-0.1, -0.05) is 6.07 Å². The summed E-state index contributed by atoms with van der Waals surface area (Å²) >= 11 is 0. The van der Waals surface area contributed by atoms with Gasteiger partial charge in [-0.2, -0.15) is 26.3 Å². The van der Waals surface area contributed by atoms with Crippen molar-refractivity contribution in [1.82, 2.24) is 0 Å². The fraction of sp³-hybridized carbons (Fsp3) is 0.333. The molecular formula is C9H7F6N. The molecule has 0 saturated heterocycles. The fourth-order valence-corrected chi connectivity index (χ4v) is 1.21. The van der Waals surface area contributed by atoms with Crippen molar-refractivity contribution < 1.29 is 26.3 Å². The SMILES string of the molecule is Nc1cc(CC(F)(F)F)ccc1C(F)(F)F. The summed E-state index contributed by atoms with van der Waals surface area (Å²) in [6, 6.07) is 2.01. The highest BCUT2D eigenvalue weighted by atomic mass is 19.4. The Balaban J connectivity index is 3.01. The van der Waals surface area contributed by atoms with Crippen LogP contribution in [0.4, 0.5) is 32.0 Å². The number of nitrogens with two attached hydrogens (primary N) is 1. The molecule has 90 valence electrons. The van der Waals surface area contributed by atoms with E-state index in [-0.39, 0.29) is 5.56 Å². The number of hydrogen-bond donors (Lipinski definition) is 1. The molecule has 0 amide bonds. The number of nitrogen functional groups attached to an aromatic ring is 1. The summed E-state index contributed by atoms with van der Waals surface area (Å²) in [5.41, 5.74) is 2.92. The molecule has 0 bridgehead atoms. The van der Waals surface area contributed by atoms with Crippen LogP contribution >= 0.6 is 0 Å². The molecule has 1 rings (SSSR count). The quantitative estimate of drug-likeness (QED) is 0.593. The van der Waals surface area contributed by atoms with E-state index < -0.39 is 30.0 Å². The molecule has 0 fully saturated rings. The van der Waals surface area contributed by atoms with Crippen molar-refractivity contribution in [3.05, 3.63) is 29.3 Å². The van der Waals surface area contributed by atoms with Gasteiger partial charge in [-0.05, 0) is 17.7 Å². The Hall–Kier alpha value is -1.40. The molecule has 0 heterocycles. The van der Waals surface area contributed by atoms with Gasteiger partial charge >= 0.3 is 12.4 Å². The van der Waals surface area contributed by atoms with Crippen LogP contribution in [0.1, 0.15) is 11.1 Å². The third kappa shape index (κ3) is 3.32. The lowest BCUT2D eigenvalue weighted by Gasteiger charge is -2.12. The first-order chi connectivity index (χ1) is 7.09. The van der Waals surface area contributed by atoms with Gasteiger partial charge in [0.1, 0.15) is 0 Å². The van der Waals surface area contributed by atoms with Crippen molar-refractivity contribution in [2.24, 2.45) is 0 Å². The minimum atomic E-state index is -4.65. The summed E-state index contributed by atoms with van der Waals surface area (Å²) < 4.78 is 72.5. The molecule has 1 nitrogen and oxygen atoms in total. The van der Waals surface area contributed by atoms with Gasteiger partial charge in [-0.25, -0.2) is 0 Å². The molecule has 2 N–H and O–H groups in total. The van der Waals surface area contributed by atoms with Crippen molar-refractivity contribution in [1.29, 1.82) is 0 Å². The van der Waals surface area contributed by atoms with E-state index in [1.54, 1.807) is 0 Å². The Kier molecular flexibility index (Phi) is 3.07. The van der Waals surface area contributed by atoms with Crippen molar-refractivity contribution in [3.8, 4) is 0 Å². The van der Waals surface area contributed by atoms with E-state index in [9.17, 15) is 26.3 Å². The first-order valence-electron chi connectivity index (χ1n) is 4.12. The summed E-state index contributed by atoms with van der Waals surface area (Å²) in [6.45, 7) is 0. The predicted molar refractivity (Wildman–Crippen MR) is 45.6 cm³/mol. The van der Waals surface area contributed by atoms with Gasteiger partial charge in [0.25, 0.3) is 0 Å². The first-order valence-corrected chi connectivity index (χ1v) is 4.12. The molecule has 0 saturated carbocycles. The van der Waals surface area contributed by atoms with E-state index in [1.165, 1.54) is 0 Å². The van der Waals surface area contributed by atoms with Crippen LogP contribution < -0.4 is 5.73 Å². The van der Waals surface area contributed by atoms with Crippen LogP contribution in [-0.2, 0) is 12.6 Å². The smallest absolute Gasteiger partial charge is 0.398 e. The average Bonchev–Trinajstić information content (AvgIpc) is 1.97. The molecule has 7 heteroatoms. The van der Waals surface area contributed by atoms with Crippen LogP contribution in [0.5, 0.6) is 0 Å². The zero-order valence-electron chi connectivity index (χ0n) is 7.78. The van der Waals surface area contributed by atoms with Crippen molar-refractivity contribution in [3.63, 3.8) is 0 Å². The Bertz CT molecular complexity index is 379. The van der Waals surface area contributed by atoms with Crippen LogP contribution in [-0.4, -0.2) is 6.18 Å². The second kappa shape index (κ2) is 3.88. The Morgan fingerprint density at radius 3 is 1.94 bits per heavy atom. The maximum absolute atomic E-state index is 12.2. The van der Waals surface area contributed by atoms with Crippen LogP contribution in [0.3, 0.4) is 0 Å². The van der Waals surface area contributed by atoms with Crippen LogP contribution in [0.25, 0.3) is 0 Å². The molecule has 0 radical (unpaired) electrons. The maximum atomic E-state index is 12.2. The molecule has 0 aromatic heterocycles. The molecule has 0 spiro atoms. The number of halogens is 6. The van der Waals surface area contributed by atoms with Gasteiger partial charge in [-0.3, -0.25) is 0 Å². The van der Waals surface area contributed by atoms with E-state index in [2.05, 4.69) is 0 Å². The van der Waals surface area contributed by atoms with Crippen LogP contribution in [0.15, 0.2) is 18.2 Å². The maximum Gasteiger partial charge on any atom is 0.418 e. The van der Waals surface area contributed by atoms with Crippen LogP contribution in [0.2, 0.25) is 0 Å². The highest BCUT2D eigenvalue weighted by Crippen LogP contribution is 2.34. The number of anilines is 1. The normalized spacial score (nSPS) is 12.9. The molecule has 0 aliphatic heterocycles. The van der Waals surface area contributed by atoms with Crippen LogP contribution in [0, 0.1) is 0 Å². The monoisotopic (exact) mass is 243 g/mol. The predicted octanol–water partition coefficient (Wildman–Crippen LogP) is 3.39. The molecule has 0 unspecified atom stereocenters. The summed E-state index contributed by atoms with van der Waals surface area (Å²) in [6.07, 6.45) is -10.4. The van der Waals surface area contributed by atoms with Gasteiger partial charge in [-0.15, -0.1) is 0 Å². The highest BCUT2D eigenvalue weighted by molar-refractivity contribution is 5.50. The van der Waals surface area contributed by atoms with Gasteiger partial charge in [0, 0.05) is 5.69 Å². The molecule has 1 aromatic carbocycles. The summed E-state index contributed by atoms with van der Waals surface area (Å²) in [5, 5.41) is 0. The molecule has 1 aromatic rings. The Morgan fingerprint density at radius 2 is 1.56 bits per heavy atom. The second-order valence-corrected chi connectivity index (χ2v) is 3.21. The van der Waals surface area contributed by atoms with E-state index in [1.807, 2.05) is 0 Å². The lowest BCUT2D eigenvalue weighted by Crippen LogP contribution is -2.13. The Labute approximate surface area is 86.9 Å². The number of benzene rings is 1. The van der Waals surface area contributed by atoms with Gasteiger partial charge in [0.2, 0.25) is 0 Å². The molecule has 16 heavy (non-hydrogen) atoms. The third-order valence-electron chi connectivity index (χ3n) is 1.83. The zero-order valence-corrected chi connectivity index (χ0v) is 7.78. The number of hydrogen-bond acceptors (Lipinski definition) is 1. The fourth-order valence-electron chi connectivity index (χ4n) is 1.21. The third-order valence-corrected chi connectivity index (χ3v) is 1.83. The summed E-state index contributed by atoms with van der Waals surface area (Å²) in [4.78, 5) is 0. The molecule has 0 aliphatic carbocycles. The molecule has 0 atom stereocenters. The first kappa shape index (κ1) is 12.7. The summed E-state index contributed by atoms with van der Waals surface area (Å²) in [7, 11) is 0. The minimum Gasteiger partial charge on any atom is -0.398 e. The standard InChI is InChI=1S/C9H7F6N/c10-8(11,12)4-5-1-2-6(7(16)3-5)9(13,14)15/h1-3H,4,16H2. The average molecular weight is 243 g/mol. The van der Waals surface area contributed by atoms with Gasteiger partial charge < -0.3 is 5.73 Å².